The van der Waals surface area contributed by atoms with E-state index < -0.39 is 41.7 Å². The highest BCUT2D eigenvalue weighted by atomic mass is 19.4. The summed E-state index contributed by atoms with van der Waals surface area (Å²) in [6, 6.07) is 16.2. The Hall–Kier alpha value is -5.14. The second kappa shape index (κ2) is 12.1. The Balaban J connectivity index is 1.24. The maximum Gasteiger partial charge on any atom is 0.586 e. The molecule has 0 saturated carbocycles. The number of alkyl halides is 5. The number of aromatic nitrogens is 2. The molecule has 9 nitrogen and oxygen atoms in total. The summed E-state index contributed by atoms with van der Waals surface area (Å²) in [4.78, 5) is 25.5. The average Bonchev–Trinajstić information content (AvgIpc) is 3.56. The fourth-order valence-corrected chi connectivity index (χ4v) is 5.52. The summed E-state index contributed by atoms with van der Waals surface area (Å²) in [5.74, 6) is -1.06. The van der Waals surface area contributed by atoms with Gasteiger partial charge < -0.3 is 24.3 Å². The molecule has 3 aromatic carbocycles. The van der Waals surface area contributed by atoms with Crippen molar-refractivity contribution >= 4 is 11.9 Å². The Labute approximate surface area is 271 Å². The molecule has 1 aliphatic carbocycles. The maximum absolute atomic E-state index is 14.2. The minimum atomic E-state index is -4.74. The van der Waals surface area contributed by atoms with Crippen molar-refractivity contribution < 1.29 is 50.5 Å². The molecule has 48 heavy (non-hydrogen) atoms. The predicted molar refractivity (Wildman–Crippen MR) is 160 cm³/mol. The van der Waals surface area contributed by atoms with Crippen LogP contribution < -0.4 is 19.5 Å². The van der Waals surface area contributed by atoms with Crippen LogP contribution in [0.1, 0.15) is 82.9 Å². The van der Waals surface area contributed by atoms with Crippen LogP contribution in [0.15, 0.2) is 66.7 Å². The smallest absolute Gasteiger partial charge is 0.484 e. The van der Waals surface area contributed by atoms with Gasteiger partial charge in [0.05, 0.1) is 16.9 Å². The van der Waals surface area contributed by atoms with Gasteiger partial charge in [0.25, 0.3) is 5.91 Å². The molecule has 252 valence electrons. The maximum atomic E-state index is 14.2. The molecule has 14 heteroatoms. The van der Waals surface area contributed by atoms with Crippen LogP contribution in [0.2, 0.25) is 0 Å². The van der Waals surface area contributed by atoms with Crippen molar-refractivity contribution in [3.05, 3.63) is 100 Å². The van der Waals surface area contributed by atoms with Crippen LogP contribution in [0.4, 0.5) is 22.0 Å². The molecule has 0 saturated heterocycles. The minimum Gasteiger partial charge on any atom is -0.484 e. The Bertz CT molecular complexity index is 1860. The molecule has 2 heterocycles. The third-order valence-electron chi connectivity index (χ3n) is 7.53. The first-order valence-corrected chi connectivity index (χ1v) is 15.0. The van der Waals surface area contributed by atoms with Crippen LogP contribution >= 0.6 is 0 Å². The molecule has 1 atom stereocenters. The van der Waals surface area contributed by atoms with E-state index in [1.165, 1.54) is 54.6 Å². The lowest BCUT2D eigenvalue weighted by Gasteiger charge is -2.26. The third-order valence-corrected chi connectivity index (χ3v) is 7.53. The number of nitrogens with zero attached hydrogens (tertiary/aromatic N) is 2. The Morgan fingerprint density at radius 1 is 0.979 bits per heavy atom. The van der Waals surface area contributed by atoms with E-state index in [-0.39, 0.29) is 47.0 Å². The van der Waals surface area contributed by atoms with Gasteiger partial charge in [0.2, 0.25) is 0 Å². The Kier molecular flexibility index (Phi) is 8.30. The number of halogens is 5. The lowest BCUT2D eigenvalue weighted by atomic mass is 9.92. The summed E-state index contributed by atoms with van der Waals surface area (Å²) in [5, 5.41) is 6.64. The van der Waals surface area contributed by atoms with E-state index in [9.17, 15) is 31.5 Å². The molecule has 0 spiro atoms. The number of amides is 1. The highest BCUT2D eigenvalue weighted by Gasteiger charge is 2.44. The second-order valence-electron chi connectivity index (χ2n) is 12.3. The number of carbonyl (C=O) groups excluding carboxylic acids is 2. The monoisotopic (exact) mass is 671 g/mol. The van der Waals surface area contributed by atoms with E-state index in [0.29, 0.717) is 29.7 Å². The zero-order chi connectivity index (χ0) is 34.4. The molecule has 1 aliphatic heterocycles. The lowest BCUT2D eigenvalue weighted by Crippen LogP contribution is -2.26. The van der Waals surface area contributed by atoms with Gasteiger partial charge in [-0.2, -0.15) is 18.3 Å². The molecule has 0 bridgehead atoms. The van der Waals surface area contributed by atoms with Gasteiger partial charge >= 0.3 is 18.4 Å². The first-order chi connectivity index (χ1) is 22.6. The van der Waals surface area contributed by atoms with Gasteiger partial charge in [0.15, 0.2) is 17.2 Å². The van der Waals surface area contributed by atoms with Crippen molar-refractivity contribution in [1.29, 1.82) is 0 Å². The van der Waals surface area contributed by atoms with Gasteiger partial charge in [-0.3, -0.25) is 4.79 Å². The predicted octanol–water partition coefficient (Wildman–Crippen LogP) is 7.55. The number of esters is 1. The van der Waals surface area contributed by atoms with Gasteiger partial charge in [0, 0.05) is 17.7 Å². The zero-order valence-electron chi connectivity index (χ0n) is 26.0. The van der Waals surface area contributed by atoms with Crippen LogP contribution in [-0.4, -0.2) is 33.6 Å². The van der Waals surface area contributed by atoms with Gasteiger partial charge in [-0.25, -0.2) is 9.48 Å². The summed E-state index contributed by atoms with van der Waals surface area (Å²) >= 11 is 0. The molecule has 1 amide bonds. The van der Waals surface area contributed by atoms with Crippen molar-refractivity contribution in [2.24, 2.45) is 0 Å². The number of benzene rings is 3. The molecule has 0 radical (unpaired) electrons. The highest BCUT2D eigenvalue weighted by molar-refractivity contribution is 5.94. The summed E-state index contributed by atoms with van der Waals surface area (Å²) in [5.41, 5.74) is -0.427. The van der Waals surface area contributed by atoms with Gasteiger partial charge in [-0.1, -0.05) is 12.1 Å². The van der Waals surface area contributed by atoms with Crippen LogP contribution in [0.5, 0.6) is 17.2 Å². The van der Waals surface area contributed by atoms with E-state index in [0.717, 1.165) is 4.68 Å². The SMILES string of the molecule is CC(C)(C)OC(=O)c1ccc(OC2CCCc3c(C(F)(F)F)nn(-c4cccc(C(=O)NCc5ccc6c(c5)OC(F)(F)O6)c4)c32)cc1. The van der Waals surface area contributed by atoms with Gasteiger partial charge in [0.1, 0.15) is 17.5 Å². The standard InChI is InChI=1S/C34H30F5N3O6/c1-32(2,3)48-31(44)20-11-13-23(14-12-20)45-26-9-5-8-24-28(26)42(41-29(24)33(35,36)37)22-7-4-6-21(17-22)30(43)40-18-19-10-15-25-27(16-19)47-34(38,39)46-25/h4,6-7,10-17,26H,5,8-9,18H2,1-3H3,(H,40,43). The molecule has 2 aliphatic rings. The average molecular weight is 672 g/mol. The molecular formula is C34H30F5N3O6. The second-order valence-corrected chi connectivity index (χ2v) is 12.3. The molecule has 6 rings (SSSR count). The summed E-state index contributed by atoms with van der Waals surface area (Å²) in [7, 11) is 0. The zero-order valence-corrected chi connectivity index (χ0v) is 26.0. The molecule has 4 aromatic rings. The number of hydrogen-bond donors (Lipinski definition) is 1. The number of carbonyl (C=O) groups is 2. The number of fused-ring (bicyclic) bond motifs is 2. The fourth-order valence-electron chi connectivity index (χ4n) is 5.52. The summed E-state index contributed by atoms with van der Waals surface area (Å²) < 4.78 is 90.9. The molecule has 0 fully saturated rings. The quantitative estimate of drug-likeness (QED) is 0.160. The van der Waals surface area contributed by atoms with Crippen molar-refractivity contribution in [1.82, 2.24) is 15.1 Å². The largest absolute Gasteiger partial charge is 0.586 e. The van der Waals surface area contributed by atoms with Crippen LogP contribution in [-0.2, 0) is 23.9 Å². The number of hydrogen-bond acceptors (Lipinski definition) is 7. The molecule has 1 unspecified atom stereocenters. The van der Waals surface area contributed by atoms with Crippen LogP contribution in [0.3, 0.4) is 0 Å². The summed E-state index contributed by atoms with van der Waals surface area (Å²) in [6.45, 7) is 5.19. The van der Waals surface area contributed by atoms with Crippen LogP contribution in [0, 0.1) is 0 Å². The van der Waals surface area contributed by atoms with E-state index in [4.69, 9.17) is 9.47 Å². The van der Waals surface area contributed by atoms with E-state index >= 15 is 0 Å². The number of nitrogens with one attached hydrogen (secondary N) is 1. The van der Waals surface area contributed by atoms with Crippen molar-refractivity contribution in [3.63, 3.8) is 0 Å². The fraction of sp³-hybridized carbons (Fsp3) is 0.324. The molecule has 1 aromatic heterocycles. The van der Waals surface area contributed by atoms with E-state index in [1.807, 2.05) is 0 Å². The van der Waals surface area contributed by atoms with Gasteiger partial charge in [-0.15, -0.1) is 8.78 Å². The summed E-state index contributed by atoms with van der Waals surface area (Å²) in [6.07, 6.45) is -8.40. The molecular weight excluding hydrogens is 641 g/mol. The number of rotatable bonds is 7. The normalized spacial score (nSPS) is 16.6. The number of ether oxygens (including phenoxy) is 4. The first kappa shape index (κ1) is 32.8. The Morgan fingerprint density at radius 2 is 1.71 bits per heavy atom. The Morgan fingerprint density at radius 3 is 2.42 bits per heavy atom. The van der Waals surface area contributed by atoms with Crippen molar-refractivity contribution in [3.8, 4) is 22.9 Å². The third kappa shape index (κ3) is 7.06. The minimum absolute atomic E-state index is 0.00682. The molecule has 1 N–H and O–H groups in total. The van der Waals surface area contributed by atoms with Crippen molar-refractivity contribution in [2.45, 2.75) is 70.8 Å². The van der Waals surface area contributed by atoms with E-state index in [1.54, 1.807) is 32.9 Å². The van der Waals surface area contributed by atoms with E-state index in [2.05, 4.69) is 19.9 Å². The van der Waals surface area contributed by atoms with Crippen LogP contribution in [0.25, 0.3) is 5.69 Å². The van der Waals surface area contributed by atoms with Crippen molar-refractivity contribution in [2.75, 3.05) is 0 Å². The van der Waals surface area contributed by atoms with Gasteiger partial charge in [-0.05, 0) is 100 Å². The lowest BCUT2D eigenvalue weighted by molar-refractivity contribution is -0.286. The topological polar surface area (TPSA) is 101 Å². The highest BCUT2D eigenvalue weighted by Crippen LogP contribution is 2.43. The first-order valence-electron chi connectivity index (χ1n) is 15.0.